The molecule has 0 saturated carbocycles. The van der Waals surface area contributed by atoms with Gasteiger partial charge in [0.25, 0.3) is 0 Å². The second kappa shape index (κ2) is 6.66. The molecule has 0 amide bonds. The van der Waals surface area contributed by atoms with Gasteiger partial charge in [-0.25, -0.2) is 4.39 Å². The Kier molecular flexibility index (Phi) is 5.13. The van der Waals surface area contributed by atoms with Crippen LogP contribution in [-0.2, 0) is 0 Å². The zero-order valence-electron chi connectivity index (χ0n) is 12.7. The summed E-state index contributed by atoms with van der Waals surface area (Å²) in [6.45, 7) is 4.23. The SMILES string of the molecule is CC(N)C(c1cccc(F)c1)N(C)C1CCN(C)CC1. The number of piperidine rings is 1. The van der Waals surface area contributed by atoms with Crippen molar-refractivity contribution in [3.63, 3.8) is 0 Å². The molecule has 1 saturated heterocycles. The molecule has 1 aliphatic heterocycles. The second-order valence-electron chi connectivity index (χ2n) is 6.06. The quantitative estimate of drug-likeness (QED) is 0.917. The van der Waals surface area contributed by atoms with E-state index in [1.165, 1.54) is 6.07 Å². The molecule has 2 rings (SSSR count). The Balaban J connectivity index is 2.16. The van der Waals surface area contributed by atoms with E-state index in [4.69, 9.17) is 5.73 Å². The summed E-state index contributed by atoms with van der Waals surface area (Å²) in [5.41, 5.74) is 7.15. The number of hydrogen-bond donors (Lipinski definition) is 1. The number of likely N-dealkylation sites (tertiary alicyclic amines) is 1. The maximum absolute atomic E-state index is 13.5. The highest BCUT2D eigenvalue weighted by Gasteiger charge is 2.29. The van der Waals surface area contributed by atoms with Crippen molar-refractivity contribution in [3.05, 3.63) is 35.6 Å². The highest BCUT2D eigenvalue weighted by atomic mass is 19.1. The monoisotopic (exact) mass is 279 g/mol. The van der Waals surface area contributed by atoms with Crippen LogP contribution in [0, 0.1) is 5.82 Å². The largest absolute Gasteiger partial charge is 0.326 e. The van der Waals surface area contributed by atoms with E-state index in [2.05, 4.69) is 23.9 Å². The summed E-state index contributed by atoms with van der Waals surface area (Å²) < 4.78 is 13.5. The number of nitrogens with two attached hydrogens (primary N) is 1. The van der Waals surface area contributed by atoms with Gasteiger partial charge >= 0.3 is 0 Å². The number of rotatable bonds is 4. The van der Waals surface area contributed by atoms with Crippen molar-refractivity contribution in [1.29, 1.82) is 0 Å². The zero-order chi connectivity index (χ0) is 14.7. The molecule has 3 nitrogen and oxygen atoms in total. The van der Waals surface area contributed by atoms with Gasteiger partial charge < -0.3 is 10.6 Å². The third kappa shape index (κ3) is 3.57. The smallest absolute Gasteiger partial charge is 0.123 e. The van der Waals surface area contributed by atoms with E-state index in [-0.39, 0.29) is 17.9 Å². The molecule has 0 bridgehead atoms. The summed E-state index contributed by atoms with van der Waals surface area (Å²) in [6, 6.07) is 7.40. The molecule has 1 fully saturated rings. The number of halogens is 1. The van der Waals surface area contributed by atoms with Crippen LogP contribution in [0.4, 0.5) is 4.39 Å². The van der Waals surface area contributed by atoms with Crippen LogP contribution in [0.1, 0.15) is 31.4 Å². The fourth-order valence-corrected chi connectivity index (χ4v) is 3.23. The van der Waals surface area contributed by atoms with E-state index < -0.39 is 0 Å². The molecule has 2 N–H and O–H groups in total. The average molecular weight is 279 g/mol. The molecule has 1 aromatic carbocycles. The minimum absolute atomic E-state index is 0.0264. The maximum Gasteiger partial charge on any atom is 0.123 e. The molecule has 0 spiro atoms. The third-order valence-corrected chi connectivity index (χ3v) is 4.39. The first kappa shape index (κ1) is 15.4. The molecular formula is C16H26FN3. The van der Waals surface area contributed by atoms with Crippen LogP contribution >= 0.6 is 0 Å². The van der Waals surface area contributed by atoms with Crippen molar-refractivity contribution in [1.82, 2.24) is 9.80 Å². The first-order valence-electron chi connectivity index (χ1n) is 7.40. The lowest BCUT2D eigenvalue weighted by Gasteiger charge is -2.41. The number of likely N-dealkylation sites (N-methyl/N-ethyl adjacent to an activating group) is 1. The van der Waals surface area contributed by atoms with Gasteiger partial charge in [0.1, 0.15) is 5.82 Å². The molecule has 20 heavy (non-hydrogen) atoms. The molecule has 1 heterocycles. The van der Waals surface area contributed by atoms with Crippen molar-refractivity contribution in [3.8, 4) is 0 Å². The highest BCUT2D eigenvalue weighted by molar-refractivity contribution is 5.22. The van der Waals surface area contributed by atoms with E-state index in [1.54, 1.807) is 12.1 Å². The van der Waals surface area contributed by atoms with E-state index in [0.29, 0.717) is 6.04 Å². The van der Waals surface area contributed by atoms with Crippen molar-refractivity contribution >= 4 is 0 Å². The predicted molar refractivity (Wildman–Crippen MR) is 81.1 cm³/mol. The molecule has 2 atom stereocenters. The predicted octanol–water partition coefficient (Wildman–Crippen LogP) is 2.24. The Hall–Kier alpha value is -0.970. The lowest BCUT2D eigenvalue weighted by atomic mass is 9.95. The summed E-state index contributed by atoms with van der Waals surface area (Å²) in [6.07, 6.45) is 2.29. The summed E-state index contributed by atoms with van der Waals surface area (Å²) in [4.78, 5) is 4.69. The fourth-order valence-electron chi connectivity index (χ4n) is 3.23. The van der Waals surface area contributed by atoms with Gasteiger partial charge in [-0.3, -0.25) is 4.90 Å². The number of hydrogen-bond acceptors (Lipinski definition) is 3. The van der Waals surface area contributed by atoms with Crippen LogP contribution in [0.15, 0.2) is 24.3 Å². The Morgan fingerprint density at radius 3 is 2.55 bits per heavy atom. The number of benzene rings is 1. The van der Waals surface area contributed by atoms with Crippen molar-refractivity contribution in [2.75, 3.05) is 27.2 Å². The lowest BCUT2D eigenvalue weighted by Crippen LogP contribution is -2.47. The molecule has 1 aliphatic rings. The second-order valence-corrected chi connectivity index (χ2v) is 6.06. The van der Waals surface area contributed by atoms with Gasteiger partial charge in [0.05, 0.1) is 0 Å². The maximum atomic E-state index is 13.5. The van der Waals surface area contributed by atoms with Crippen LogP contribution < -0.4 is 5.73 Å². The van der Waals surface area contributed by atoms with Crippen LogP contribution in [-0.4, -0.2) is 49.1 Å². The van der Waals surface area contributed by atoms with Gasteiger partial charge in [-0.2, -0.15) is 0 Å². The number of nitrogens with zero attached hydrogens (tertiary/aromatic N) is 2. The van der Waals surface area contributed by atoms with Gasteiger partial charge in [-0.15, -0.1) is 0 Å². The minimum atomic E-state index is -0.190. The molecule has 4 heteroatoms. The van der Waals surface area contributed by atoms with Gasteiger partial charge in [0.2, 0.25) is 0 Å². The van der Waals surface area contributed by atoms with Gasteiger partial charge in [0, 0.05) is 18.1 Å². The van der Waals surface area contributed by atoms with Crippen LogP contribution in [0.2, 0.25) is 0 Å². The molecule has 1 aromatic rings. The van der Waals surface area contributed by atoms with Gasteiger partial charge in [-0.1, -0.05) is 12.1 Å². The Morgan fingerprint density at radius 1 is 1.35 bits per heavy atom. The van der Waals surface area contributed by atoms with Crippen LogP contribution in [0.5, 0.6) is 0 Å². The molecule has 0 aliphatic carbocycles. The Bertz CT molecular complexity index is 427. The van der Waals surface area contributed by atoms with Crippen LogP contribution in [0.3, 0.4) is 0 Å². The summed E-state index contributed by atoms with van der Waals surface area (Å²) in [5.74, 6) is -0.190. The zero-order valence-corrected chi connectivity index (χ0v) is 12.7. The van der Waals surface area contributed by atoms with Gasteiger partial charge in [0.15, 0.2) is 0 Å². The van der Waals surface area contributed by atoms with E-state index in [1.807, 2.05) is 13.0 Å². The molecule has 112 valence electrons. The highest BCUT2D eigenvalue weighted by Crippen LogP contribution is 2.28. The fraction of sp³-hybridized carbons (Fsp3) is 0.625. The summed E-state index contributed by atoms with van der Waals surface area (Å²) in [5, 5.41) is 0. The Morgan fingerprint density at radius 2 is 2.00 bits per heavy atom. The lowest BCUT2D eigenvalue weighted by molar-refractivity contribution is 0.0968. The van der Waals surface area contributed by atoms with Crippen molar-refractivity contribution in [2.45, 2.75) is 37.9 Å². The van der Waals surface area contributed by atoms with Crippen LogP contribution in [0.25, 0.3) is 0 Å². The first-order chi connectivity index (χ1) is 9.49. The van der Waals surface area contributed by atoms with Crippen molar-refractivity contribution < 1.29 is 4.39 Å². The van der Waals surface area contributed by atoms with Crippen molar-refractivity contribution in [2.24, 2.45) is 5.73 Å². The minimum Gasteiger partial charge on any atom is -0.326 e. The molecule has 2 unspecified atom stereocenters. The van der Waals surface area contributed by atoms with E-state index in [0.717, 1.165) is 31.5 Å². The van der Waals surface area contributed by atoms with E-state index >= 15 is 0 Å². The molecule has 0 aromatic heterocycles. The topological polar surface area (TPSA) is 32.5 Å². The van der Waals surface area contributed by atoms with Gasteiger partial charge in [-0.05, 0) is 64.6 Å². The summed E-state index contributed by atoms with van der Waals surface area (Å²) in [7, 11) is 4.28. The average Bonchev–Trinajstić information content (AvgIpc) is 2.39. The van der Waals surface area contributed by atoms with E-state index in [9.17, 15) is 4.39 Å². The first-order valence-corrected chi connectivity index (χ1v) is 7.40. The Labute approximate surface area is 121 Å². The molecular weight excluding hydrogens is 253 g/mol. The normalized spacial score (nSPS) is 21.1. The standard InChI is InChI=1S/C16H26FN3/c1-12(18)16(13-5-4-6-14(17)11-13)20(3)15-7-9-19(2)10-8-15/h4-6,11-12,15-16H,7-10,18H2,1-3H3. The summed E-state index contributed by atoms with van der Waals surface area (Å²) >= 11 is 0. The molecule has 0 radical (unpaired) electrons. The third-order valence-electron chi connectivity index (χ3n) is 4.39.